The Morgan fingerprint density at radius 1 is 0.594 bits per heavy atom. The van der Waals surface area contributed by atoms with Crippen LogP contribution in [0.25, 0.3) is 0 Å². The van der Waals surface area contributed by atoms with E-state index in [9.17, 15) is 10.5 Å². The summed E-state index contributed by atoms with van der Waals surface area (Å²) >= 11 is 0. The van der Waals surface area contributed by atoms with Gasteiger partial charge in [-0.2, -0.15) is 10.5 Å². The van der Waals surface area contributed by atoms with Gasteiger partial charge in [0.25, 0.3) is 0 Å². The van der Waals surface area contributed by atoms with Crippen molar-refractivity contribution in [3.05, 3.63) is 81.9 Å². The molecule has 0 spiro atoms. The van der Waals surface area contributed by atoms with Crippen LogP contribution in [-0.2, 0) is 0 Å². The summed E-state index contributed by atoms with van der Waals surface area (Å²) in [6, 6.07) is 19.6. The molecule has 0 fully saturated rings. The maximum Gasteiger partial charge on any atom is 0.171 e. The summed E-state index contributed by atoms with van der Waals surface area (Å²) in [4.78, 5) is 0. The molecule has 0 atom stereocenters. The highest BCUT2D eigenvalue weighted by molar-refractivity contribution is 5.58. The second-order valence-corrected chi connectivity index (χ2v) is 8.63. The molecule has 0 saturated heterocycles. The molecule has 0 amide bonds. The second-order valence-electron chi connectivity index (χ2n) is 8.63. The van der Waals surface area contributed by atoms with Crippen molar-refractivity contribution in [1.82, 2.24) is 0 Å². The lowest BCUT2D eigenvalue weighted by atomic mass is 10.0. The van der Waals surface area contributed by atoms with Crippen LogP contribution >= 0.6 is 0 Å². The lowest BCUT2D eigenvalue weighted by molar-refractivity contribution is 0.414. The van der Waals surface area contributed by atoms with E-state index in [0.717, 1.165) is 22.3 Å². The average molecular weight is 425 g/mol. The Balaban J connectivity index is 2.11. The Morgan fingerprint density at radius 3 is 1.28 bits per heavy atom. The van der Waals surface area contributed by atoms with Gasteiger partial charge in [-0.15, -0.1) is 0 Å². The molecule has 0 heterocycles. The van der Waals surface area contributed by atoms with Gasteiger partial charge in [0.1, 0.15) is 23.6 Å². The first-order valence-corrected chi connectivity index (χ1v) is 10.8. The Bertz CT molecular complexity index is 1130. The highest BCUT2D eigenvalue weighted by Crippen LogP contribution is 2.40. The first-order chi connectivity index (χ1) is 15.2. The maximum atomic E-state index is 9.54. The summed E-state index contributed by atoms with van der Waals surface area (Å²) in [7, 11) is 0. The molecule has 0 bridgehead atoms. The van der Waals surface area contributed by atoms with Gasteiger partial charge in [-0.05, 0) is 60.1 Å². The maximum absolute atomic E-state index is 9.54. The molecule has 0 aliphatic carbocycles. The Kier molecular flexibility index (Phi) is 6.86. The summed E-state index contributed by atoms with van der Waals surface area (Å²) < 4.78 is 12.6. The normalized spacial score (nSPS) is 10.7. The topological polar surface area (TPSA) is 66.0 Å². The molecule has 0 N–H and O–H groups in total. The number of ether oxygens (including phenoxy) is 2. The van der Waals surface area contributed by atoms with Gasteiger partial charge >= 0.3 is 0 Å². The second kappa shape index (κ2) is 9.58. The van der Waals surface area contributed by atoms with Crippen LogP contribution in [0.15, 0.2) is 48.5 Å². The van der Waals surface area contributed by atoms with Crippen LogP contribution in [0.3, 0.4) is 0 Å². The van der Waals surface area contributed by atoms with Crippen molar-refractivity contribution in [2.45, 2.75) is 53.4 Å². The van der Waals surface area contributed by atoms with E-state index in [1.165, 1.54) is 0 Å². The third-order valence-electron chi connectivity index (χ3n) is 5.52. The molecule has 4 heteroatoms. The minimum atomic E-state index is 0.250. The van der Waals surface area contributed by atoms with Crippen LogP contribution in [0, 0.1) is 36.5 Å². The SMILES string of the molecule is Cc1ccc(C(C)C)cc1Oc1cc(C#N)c(C#N)cc1Oc1cc(C(C)C)ccc1C. The molecule has 0 unspecified atom stereocenters. The number of benzene rings is 3. The molecule has 0 aliphatic heterocycles. The number of nitrogens with zero attached hydrogens (tertiary/aromatic N) is 2. The van der Waals surface area contributed by atoms with Crippen LogP contribution in [0.4, 0.5) is 0 Å². The number of rotatable bonds is 6. The quantitative estimate of drug-likeness (QED) is 0.404. The van der Waals surface area contributed by atoms with Crippen molar-refractivity contribution in [3.8, 4) is 35.1 Å². The van der Waals surface area contributed by atoms with Crippen LogP contribution < -0.4 is 9.47 Å². The predicted octanol–water partition coefficient (Wildman–Crippen LogP) is 7.88. The molecule has 162 valence electrons. The fourth-order valence-corrected chi connectivity index (χ4v) is 3.31. The zero-order valence-electron chi connectivity index (χ0n) is 19.5. The minimum absolute atomic E-state index is 0.250. The van der Waals surface area contributed by atoms with Gasteiger partial charge in [-0.3, -0.25) is 0 Å². The lowest BCUT2D eigenvalue weighted by Crippen LogP contribution is -1.98. The van der Waals surface area contributed by atoms with Gasteiger partial charge in [0, 0.05) is 12.1 Å². The zero-order chi connectivity index (χ0) is 23.4. The highest BCUT2D eigenvalue weighted by Gasteiger charge is 2.17. The fourth-order valence-electron chi connectivity index (χ4n) is 3.31. The van der Waals surface area contributed by atoms with E-state index < -0.39 is 0 Å². The molecule has 3 aromatic rings. The molecule has 0 aliphatic rings. The molecule has 3 rings (SSSR count). The van der Waals surface area contributed by atoms with E-state index >= 15 is 0 Å². The van der Waals surface area contributed by atoms with Gasteiger partial charge in [-0.25, -0.2) is 0 Å². The Labute approximate surface area is 190 Å². The summed E-state index contributed by atoms with van der Waals surface area (Å²) in [6.45, 7) is 12.5. The lowest BCUT2D eigenvalue weighted by Gasteiger charge is -2.18. The molecule has 0 saturated carbocycles. The summed E-state index contributed by atoms with van der Waals surface area (Å²) in [5, 5.41) is 19.1. The number of hydrogen-bond acceptors (Lipinski definition) is 4. The third-order valence-corrected chi connectivity index (χ3v) is 5.52. The van der Waals surface area contributed by atoms with Crippen LogP contribution in [-0.4, -0.2) is 0 Å². The van der Waals surface area contributed by atoms with Crippen LogP contribution in [0.5, 0.6) is 23.0 Å². The molecule has 3 aromatic carbocycles. The molecular formula is C28H28N2O2. The van der Waals surface area contributed by atoms with Gasteiger partial charge in [0.05, 0.1) is 11.1 Å². The van der Waals surface area contributed by atoms with Gasteiger partial charge in [0.15, 0.2) is 11.5 Å². The van der Waals surface area contributed by atoms with E-state index in [1.54, 1.807) is 12.1 Å². The number of hydrogen-bond donors (Lipinski definition) is 0. The Morgan fingerprint density at radius 2 is 0.969 bits per heavy atom. The van der Waals surface area contributed by atoms with Crippen molar-refractivity contribution >= 4 is 0 Å². The standard InChI is InChI=1S/C28H28N2O2/c1-17(2)21-9-7-19(5)25(11-21)31-27-13-23(15-29)24(16-30)14-28(27)32-26-12-22(18(3)4)10-8-20(26)6/h7-14,17-18H,1-6H3. The van der Waals surface area contributed by atoms with Crippen molar-refractivity contribution < 1.29 is 9.47 Å². The molecule has 0 radical (unpaired) electrons. The average Bonchev–Trinajstić information content (AvgIpc) is 2.76. The smallest absolute Gasteiger partial charge is 0.171 e. The van der Waals surface area contributed by atoms with Crippen LogP contribution in [0.1, 0.15) is 72.9 Å². The Hall–Kier alpha value is -3.76. The highest BCUT2D eigenvalue weighted by atomic mass is 16.5. The fraction of sp³-hybridized carbons (Fsp3) is 0.286. The van der Waals surface area contributed by atoms with Crippen molar-refractivity contribution in [2.24, 2.45) is 0 Å². The number of aryl methyl sites for hydroxylation is 2. The monoisotopic (exact) mass is 424 g/mol. The summed E-state index contributed by atoms with van der Waals surface area (Å²) in [5.41, 5.74) is 4.76. The van der Waals surface area contributed by atoms with Crippen molar-refractivity contribution in [2.75, 3.05) is 0 Å². The summed E-state index contributed by atoms with van der Waals surface area (Å²) in [5.74, 6) is 2.90. The van der Waals surface area contributed by atoms with E-state index in [-0.39, 0.29) is 11.1 Å². The van der Waals surface area contributed by atoms with Gasteiger partial charge in [0.2, 0.25) is 0 Å². The first-order valence-electron chi connectivity index (χ1n) is 10.8. The predicted molar refractivity (Wildman–Crippen MR) is 127 cm³/mol. The van der Waals surface area contributed by atoms with E-state index in [2.05, 4.69) is 52.0 Å². The minimum Gasteiger partial charge on any atom is -0.453 e. The van der Waals surface area contributed by atoms with Crippen molar-refractivity contribution in [1.29, 1.82) is 10.5 Å². The molecule has 4 nitrogen and oxygen atoms in total. The van der Waals surface area contributed by atoms with Crippen LogP contribution in [0.2, 0.25) is 0 Å². The van der Waals surface area contributed by atoms with Gasteiger partial charge in [-0.1, -0.05) is 52.0 Å². The third kappa shape index (κ3) is 4.93. The van der Waals surface area contributed by atoms with Crippen molar-refractivity contribution in [3.63, 3.8) is 0 Å². The van der Waals surface area contributed by atoms with E-state index in [0.29, 0.717) is 34.8 Å². The van der Waals surface area contributed by atoms with Gasteiger partial charge < -0.3 is 9.47 Å². The first kappa shape index (κ1) is 22.9. The summed E-state index contributed by atoms with van der Waals surface area (Å²) in [6.07, 6.45) is 0. The van der Waals surface area contributed by atoms with E-state index in [1.807, 2.05) is 38.1 Å². The number of nitriles is 2. The molecular weight excluding hydrogens is 396 g/mol. The van der Waals surface area contributed by atoms with E-state index in [4.69, 9.17) is 9.47 Å². The largest absolute Gasteiger partial charge is 0.453 e. The zero-order valence-corrected chi connectivity index (χ0v) is 19.5. The molecule has 0 aromatic heterocycles. The molecule has 32 heavy (non-hydrogen) atoms.